The maximum Gasteiger partial charge on any atom is 0.265 e. The minimum atomic E-state index is -0.0839. The lowest BCUT2D eigenvalue weighted by molar-refractivity contribution is 0.103. The second kappa shape index (κ2) is 5.27. The van der Waals surface area contributed by atoms with Gasteiger partial charge in [-0.25, -0.2) is 0 Å². The van der Waals surface area contributed by atoms with E-state index in [1.165, 1.54) is 16.9 Å². The van der Waals surface area contributed by atoms with E-state index in [1.807, 2.05) is 18.2 Å². The molecule has 19 heavy (non-hydrogen) atoms. The van der Waals surface area contributed by atoms with Gasteiger partial charge in [0.05, 0.1) is 15.6 Å². The number of carbonyl (C=O) groups excluding carboxylic acids is 1. The molecule has 0 spiro atoms. The van der Waals surface area contributed by atoms with Crippen LogP contribution in [0.25, 0.3) is 0 Å². The lowest BCUT2D eigenvalue weighted by Crippen LogP contribution is -2.10. The Kier molecular flexibility index (Phi) is 3.65. The van der Waals surface area contributed by atoms with Crippen molar-refractivity contribution in [1.82, 2.24) is 0 Å². The van der Waals surface area contributed by atoms with Gasteiger partial charge in [-0.15, -0.1) is 11.3 Å². The number of thiophene rings is 1. The number of aryl methyl sites for hydroxylation is 2. The number of amides is 1. The number of hydrogen-bond acceptors (Lipinski definition) is 2. The van der Waals surface area contributed by atoms with Gasteiger partial charge in [-0.3, -0.25) is 4.79 Å². The van der Waals surface area contributed by atoms with Gasteiger partial charge < -0.3 is 5.32 Å². The summed E-state index contributed by atoms with van der Waals surface area (Å²) in [6.45, 7) is 0. The molecule has 0 saturated carbocycles. The topological polar surface area (TPSA) is 29.1 Å². The molecule has 5 heteroatoms. The number of carbonyl (C=O) groups is 1. The smallest absolute Gasteiger partial charge is 0.265 e. The van der Waals surface area contributed by atoms with E-state index >= 15 is 0 Å². The van der Waals surface area contributed by atoms with Crippen molar-refractivity contribution in [2.24, 2.45) is 0 Å². The zero-order valence-corrected chi connectivity index (χ0v) is 13.2. The van der Waals surface area contributed by atoms with Crippen LogP contribution >= 0.6 is 38.9 Å². The summed E-state index contributed by atoms with van der Waals surface area (Å²) in [5.74, 6) is -0.0839. The molecule has 1 aliphatic rings. The molecule has 2 aromatic rings. The molecule has 0 fully saturated rings. The Morgan fingerprint density at radius 2 is 2.16 bits per heavy atom. The SMILES string of the molecule is O=C(Nc1cc(Br)ccc1Cl)c1cc2c(s1)CCC2. The molecule has 0 aliphatic heterocycles. The highest BCUT2D eigenvalue weighted by Crippen LogP contribution is 2.32. The van der Waals surface area contributed by atoms with Crippen molar-refractivity contribution in [3.63, 3.8) is 0 Å². The molecule has 1 aliphatic carbocycles. The molecule has 0 radical (unpaired) electrons. The van der Waals surface area contributed by atoms with E-state index in [-0.39, 0.29) is 5.91 Å². The van der Waals surface area contributed by atoms with Crippen molar-refractivity contribution in [3.8, 4) is 0 Å². The minimum Gasteiger partial charge on any atom is -0.320 e. The third-order valence-corrected chi connectivity index (χ3v) is 5.21. The standard InChI is InChI=1S/C14H11BrClNOS/c15-9-4-5-10(16)11(7-9)17-14(18)13-6-8-2-1-3-12(8)19-13/h4-7H,1-3H2,(H,17,18). The Morgan fingerprint density at radius 3 is 2.95 bits per heavy atom. The van der Waals surface area contributed by atoms with E-state index in [4.69, 9.17) is 11.6 Å². The van der Waals surface area contributed by atoms with Crippen LogP contribution in [0.15, 0.2) is 28.7 Å². The maximum atomic E-state index is 12.2. The highest BCUT2D eigenvalue weighted by molar-refractivity contribution is 9.10. The first kappa shape index (κ1) is 13.2. The molecule has 0 bridgehead atoms. The second-order valence-electron chi connectivity index (χ2n) is 4.49. The summed E-state index contributed by atoms with van der Waals surface area (Å²) in [4.78, 5) is 14.3. The Labute approximate surface area is 128 Å². The fourth-order valence-electron chi connectivity index (χ4n) is 2.22. The number of fused-ring (bicyclic) bond motifs is 1. The fraction of sp³-hybridized carbons (Fsp3) is 0.214. The third kappa shape index (κ3) is 2.71. The third-order valence-electron chi connectivity index (χ3n) is 3.15. The van der Waals surface area contributed by atoms with Gasteiger partial charge >= 0.3 is 0 Å². The molecule has 3 rings (SSSR count). The summed E-state index contributed by atoms with van der Waals surface area (Å²) in [6, 6.07) is 7.42. The fourth-order valence-corrected chi connectivity index (χ4v) is 3.89. The number of halogens is 2. The van der Waals surface area contributed by atoms with Crippen LogP contribution in [-0.2, 0) is 12.8 Å². The van der Waals surface area contributed by atoms with Crippen LogP contribution in [0.4, 0.5) is 5.69 Å². The first-order chi connectivity index (χ1) is 9.13. The minimum absolute atomic E-state index is 0.0839. The predicted octanol–water partition coefficient (Wildman–Crippen LogP) is 4.91. The van der Waals surface area contributed by atoms with Crippen LogP contribution in [-0.4, -0.2) is 5.91 Å². The number of benzene rings is 1. The molecule has 0 saturated heterocycles. The Hall–Kier alpha value is -0.840. The molecule has 1 aromatic carbocycles. The molecule has 2 nitrogen and oxygen atoms in total. The first-order valence-corrected chi connectivity index (χ1v) is 8.00. The molecule has 98 valence electrons. The van der Waals surface area contributed by atoms with Gasteiger partial charge in [0, 0.05) is 9.35 Å². The highest BCUT2D eigenvalue weighted by Gasteiger charge is 2.19. The van der Waals surface area contributed by atoms with E-state index in [1.54, 1.807) is 17.4 Å². The van der Waals surface area contributed by atoms with Crippen molar-refractivity contribution in [1.29, 1.82) is 0 Å². The van der Waals surface area contributed by atoms with Gasteiger partial charge in [0.25, 0.3) is 5.91 Å². The normalized spacial score (nSPS) is 13.4. The molecule has 1 heterocycles. The van der Waals surface area contributed by atoms with Gasteiger partial charge in [0.2, 0.25) is 0 Å². The van der Waals surface area contributed by atoms with E-state index in [2.05, 4.69) is 21.2 Å². The molecular formula is C14H11BrClNOS. The predicted molar refractivity (Wildman–Crippen MR) is 83.4 cm³/mol. The average molecular weight is 357 g/mol. The molecule has 0 atom stereocenters. The van der Waals surface area contributed by atoms with Crippen LogP contribution in [0.1, 0.15) is 26.5 Å². The second-order valence-corrected chi connectivity index (χ2v) is 6.95. The largest absolute Gasteiger partial charge is 0.320 e. The van der Waals surface area contributed by atoms with Crippen LogP contribution in [0.2, 0.25) is 5.02 Å². The van der Waals surface area contributed by atoms with Crippen molar-refractivity contribution >= 4 is 50.5 Å². The Bertz CT molecular complexity index is 631. The summed E-state index contributed by atoms with van der Waals surface area (Å²) >= 11 is 11.0. The highest BCUT2D eigenvalue weighted by atomic mass is 79.9. The van der Waals surface area contributed by atoms with Gasteiger partial charge in [-0.05, 0) is 49.1 Å². The number of anilines is 1. The first-order valence-electron chi connectivity index (χ1n) is 6.01. The van der Waals surface area contributed by atoms with E-state index < -0.39 is 0 Å². The van der Waals surface area contributed by atoms with E-state index in [9.17, 15) is 4.79 Å². The number of rotatable bonds is 2. The van der Waals surface area contributed by atoms with Crippen molar-refractivity contribution < 1.29 is 4.79 Å². The quantitative estimate of drug-likeness (QED) is 0.814. The number of hydrogen-bond donors (Lipinski definition) is 1. The van der Waals surface area contributed by atoms with Crippen molar-refractivity contribution in [2.75, 3.05) is 5.32 Å². The van der Waals surface area contributed by atoms with E-state index in [0.29, 0.717) is 10.7 Å². The number of nitrogens with one attached hydrogen (secondary N) is 1. The Balaban J connectivity index is 1.82. The summed E-state index contributed by atoms with van der Waals surface area (Å²) < 4.78 is 0.890. The van der Waals surface area contributed by atoms with Gasteiger partial charge in [-0.1, -0.05) is 27.5 Å². The van der Waals surface area contributed by atoms with Crippen LogP contribution in [0.5, 0.6) is 0 Å². The van der Waals surface area contributed by atoms with Crippen LogP contribution in [0, 0.1) is 0 Å². The van der Waals surface area contributed by atoms with Crippen molar-refractivity contribution in [2.45, 2.75) is 19.3 Å². The summed E-state index contributed by atoms with van der Waals surface area (Å²) in [5, 5.41) is 3.41. The zero-order chi connectivity index (χ0) is 13.4. The van der Waals surface area contributed by atoms with Crippen LogP contribution < -0.4 is 5.32 Å². The molecule has 1 aromatic heterocycles. The lowest BCUT2D eigenvalue weighted by atomic mass is 10.2. The molecule has 1 N–H and O–H groups in total. The monoisotopic (exact) mass is 355 g/mol. The lowest BCUT2D eigenvalue weighted by Gasteiger charge is -2.06. The van der Waals surface area contributed by atoms with Crippen LogP contribution in [0.3, 0.4) is 0 Å². The molecular weight excluding hydrogens is 346 g/mol. The zero-order valence-electron chi connectivity index (χ0n) is 10.0. The van der Waals surface area contributed by atoms with Gasteiger partial charge in [0.1, 0.15) is 0 Å². The van der Waals surface area contributed by atoms with Gasteiger partial charge in [-0.2, -0.15) is 0 Å². The molecule has 0 unspecified atom stereocenters. The maximum absolute atomic E-state index is 12.2. The summed E-state index contributed by atoms with van der Waals surface area (Å²) in [5.41, 5.74) is 1.96. The summed E-state index contributed by atoms with van der Waals surface area (Å²) in [7, 11) is 0. The van der Waals surface area contributed by atoms with Crippen molar-refractivity contribution in [3.05, 3.63) is 49.1 Å². The Morgan fingerprint density at radius 1 is 1.32 bits per heavy atom. The summed E-state index contributed by atoms with van der Waals surface area (Å²) in [6.07, 6.45) is 3.40. The van der Waals surface area contributed by atoms with E-state index in [0.717, 1.165) is 22.2 Å². The van der Waals surface area contributed by atoms with Gasteiger partial charge in [0.15, 0.2) is 0 Å². The average Bonchev–Trinajstić information content (AvgIpc) is 2.94. The molecule has 1 amide bonds.